The van der Waals surface area contributed by atoms with Gasteiger partial charge >= 0.3 is 0 Å². The van der Waals surface area contributed by atoms with Crippen LogP contribution in [0, 0.1) is 5.41 Å². The summed E-state index contributed by atoms with van der Waals surface area (Å²) in [6, 6.07) is 0. The summed E-state index contributed by atoms with van der Waals surface area (Å²) in [5.74, 6) is 0.271. The number of Topliss-reactive ketones (excluding diaryl/α,β-unsaturated/α-hetero) is 1. The van der Waals surface area contributed by atoms with Crippen molar-refractivity contribution < 1.29 is 4.79 Å². The highest BCUT2D eigenvalue weighted by Crippen LogP contribution is 2.35. The summed E-state index contributed by atoms with van der Waals surface area (Å²) in [5, 5.41) is 0. The quantitative estimate of drug-likeness (QED) is 0.385. The minimum atomic E-state index is 0.0492. The van der Waals surface area contributed by atoms with Crippen molar-refractivity contribution in [1.82, 2.24) is 0 Å². The molecule has 0 aliphatic heterocycles. The van der Waals surface area contributed by atoms with E-state index in [0.29, 0.717) is 6.42 Å². The zero-order valence-electron chi connectivity index (χ0n) is 7.44. The SMILES string of the molecule is C=C1C(=O)CCCCC1(C)C. The van der Waals surface area contributed by atoms with Gasteiger partial charge in [0.1, 0.15) is 0 Å². The summed E-state index contributed by atoms with van der Waals surface area (Å²) < 4.78 is 0. The van der Waals surface area contributed by atoms with Gasteiger partial charge in [-0.25, -0.2) is 0 Å². The van der Waals surface area contributed by atoms with Crippen LogP contribution in [0.2, 0.25) is 0 Å². The summed E-state index contributed by atoms with van der Waals surface area (Å²) in [7, 11) is 0. The van der Waals surface area contributed by atoms with Gasteiger partial charge in [-0.05, 0) is 23.8 Å². The molecule has 1 nitrogen and oxygen atoms in total. The highest BCUT2D eigenvalue weighted by molar-refractivity contribution is 5.96. The van der Waals surface area contributed by atoms with Gasteiger partial charge in [-0.3, -0.25) is 4.79 Å². The number of allylic oxidation sites excluding steroid dienone is 1. The van der Waals surface area contributed by atoms with Crippen LogP contribution >= 0.6 is 0 Å². The minimum Gasteiger partial charge on any atom is -0.295 e. The predicted octanol–water partition coefficient (Wildman–Crippen LogP) is 2.71. The predicted molar refractivity (Wildman–Crippen MR) is 46.4 cm³/mol. The molecule has 0 amide bonds. The first-order valence-corrected chi connectivity index (χ1v) is 4.26. The van der Waals surface area contributed by atoms with E-state index in [1.807, 2.05) is 0 Å². The van der Waals surface area contributed by atoms with Crippen molar-refractivity contribution in [3.8, 4) is 0 Å². The number of hydrogen-bond donors (Lipinski definition) is 0. The highest BCUT2D eigenvalue weighted by Gasteiger charge is 2.28. The van der Waals surface area contributed by atoms with Gasteiger partial charge in [0.15, 0.2) is 5.78 Å². The summed E-state index contributed by atoms with van der Waals surface area (Å²) in [6.45, 7) is 8.08. The van der Waals surface area contributed by atoms with Crippen molar-refractivity contribution in [1.29, 1.82) is 0 Å². The Morgan fingerprint density at radius 2 is 2.00 bits per heavy atom. The molecule has 0 bridgehead atoms. The van der Waals surface area contributed by atoms with Crippen molar-refractivity contribution in [3.63, 3.8) is 0 Å². The number of ketones is 1. The van der Waals surface area contributed by atoms with Crippen LogP contribution in [-0.2, 0) is 4.79 Å². The normalized spacial score (nSPS) is 24.9. The van der Waals surface area contributed by atoms with Gasteiger partial charge in [-0.2, -0.15) is 0 Å². The molecule has 1 fully saturated rings. The molecule has 1 saturated carbocycles. The van der Waals surface area contributed by atoms with Crippen LogP contribution in [0.15, 0.2) is 12.2 Å². The van der Waals surface area contributed by atoms with Crippen molar-refractivity contribution in [2.24, 2.45) is 5.41 Å². The maximum atomic E-state index is 11.3. The molecule has 0 spiro atoms. The Bertz CT molecular complexity index is 189. The average Bonchev–Trinajstić information content (AvgIpc) is 2.03. The molecule has 62 valence electrons. The lowest BCUT2D eigenvalue weighted by molar-refractivity contribution is -0.116. The van der Waals surface area contributed by atoms with E-state index in [-0.39, 0.29) is 11.2 Å². The summed E-state index contributed by atoms with van der Waals surface area (Å²) >= 11 is 0. The van der Waals surface area contributed by atoms with E-state index >= 15 is 0 Å². The Morgan fingerprint density at radius 3 is 2.64 bits per heavy atom. The number of rotatable bonds is 0. The van der Waals surface area contributed by atoms with Crippen molar-refractivity contribution >= 4 is 5.78 Å². The maximum Gasteiger partial charge on any atom is 0.158 e. The van der Waals surface area contributed by atoms with Crippen LogP contribution in [0.3, 0.4) is 0 Å². The summed E-state index contributed by atoms with van der Waals surface area (Å²) in [6.07, 6.45) is 4.03. The highest BCUT2D eigenvalue weighted by atomic mass is 16.1. The first-order valence-electron chi connectivity index (χ1n) is 4.26. The van der Waals surface area contributed by atoms with E-state index in [0.717, 1.165) is 24.8 Å². The van der Waals surface area contributed by atoms with E-state index in [4.69, 9.17) is 0 Å². The Balaban J connectivity index is 2.81. The molecule has 0 radical (unpaired) electrons. The Hall–Kier alpha value is -0.590. The average molecular weight is 152 g/mol. The maximum absolute atomic E-state index is 11.3. The first kappa shape index (κ1) is 8.51. The van der Waals surface area contributed by atoms with E-state index in [9.17, 15) is 4.79 Å². The van der Waals surface area contributed by atoms with Gasteiger partial charge in [0.2, 0.25) is 0 Å². The minimum absolute atomic E-state index is 0.0492. The van der Waals surface area contributed by atoms with Gasteiger partial charge in [0.05, 0.1) is 0 Å². The van der Waals surface area contributed by atoms with Crippen LogP contribution in [-0.4, -0.2) is 5.78 Å². The van der Waals surface area contributed by atoms with Gasteiger partial charge in [-0.1, -0.05) is 26.8 Å². The van der Waals surface area contributed by atoms with Gasteiger partial charge < -0.3 is 0 Å². The van der Waals surface area contributed by atoms with Crippen LogP contribution in [0.5, 0.6) is 0 Å². The van der Waals surface area contributed by atoms with Crippen LogP contribution in [0.4, 0.5) is 0 Å². The molecular weight excluding hydrogens is 136 g/mol. The third-order valence-electron chi connectivity index (χ3n) is 2.61. The molecule has 1 aliphatic rings. The van der Waals surface area contributed by atoms with Crippen LogP contribution < -0.4 is 0 Å². The van der Waals surface area contributed by atoms with Gasteiger partial charge in [-0.15, -0.1) is 0 Å². The lowest BCUT2D eigenvalue weighted by Gasteiger charge is -2.23. The first-order chi connectivity index (χ1) is 5.04. The molecule has 0 unspecified atom stereocenters. The Labute approximate surface area is 68.5 Å². The second-order valence-electron chi connectivity index (χ2n) is 3.99. The second kappa shape index (κ2) is 2.80. The van der Waals surface area contributed by atoms with Gasteiger partial charge in [0.25, 0.3) is 0 Å². The smallest absolute Gasteiger partial charge is 0.158 e. The van der Waals surface area contributed by atoms with Crippen LogP contribution in [0.1, 0.15) is 39.5 Å². The second-order valence-corrected chi connectivity index (χ2v) is 3.99. The largest absolute Gasteiger partial charge is 0.295 e. The third-order valence-corrected chi connectivity index (χ3v) is 2.61. The zero-order chi connectivity index (χ0) is 8.48. The summed E-state index contributed by atoms with van der Waals surface area (Å²) in [4.78, 5) is 11.3. The molecule has 1 aliphatic carbocycles. The number of carbonyl (C=O) groups excluding carboxylic acids is 1. The lowest BCUT2D eigenvalue weighted by atomic mass is 9.81. The molecule has 11 heavy (non-hydrogen) atoms. The molecular formula is C10H16O. The van der Waals surface area contributed by atoms with Crippen molar-refractivity contribution in [3.05, 3.63) is 12.2 Å². The monoisotopic (exact) mass is 152 g/mol. The van der Waals surface area contributed by atoms with Gasteiger partial charge in [0, 0.05) is 6.42 Å². The lowest BCUT2D eigenvalue weighted by Crippen LogP contribution is -2.17. The van der Waals surface area contributed by atoms with E-state index in [2.05, 4.69) is 20.4 Å². The van der Waals surface area contributed by atoms with E-state index in [1.165, 1.54) is 0 Å². The molecule has 0 saturated heterocycles. The standard InChI is InChI=1S/C10H16O/c1-8-9(11)6-4-5-7-10(8,2)3/h1,4-7H2,2-3H3. The van der Waals surface area contributed by atoms with E-state index < -0.39 is 0 Å². The molecule has 1 rings (SSSR count). The van der Waals surface area contributed by atoms with Crippen molar-refractivity contribution in [2.45, 2.75) is 39.5 Å². The summed E-state index contributed by atoms with van der Waals surface area (Å²) in [5.41, 5.74) is 0.878. The van der Waals surface area contributed by atoms with Crippen molar-refractivity contribution in [2.75, 3.05) is 0 Å². The fraction of sp³-hybridized carbons (Fsp3) is 0.700. The fourth-order valence-corrected chi connectivity index (χ4v) is 1.53. The Morgan fingerprint density at radius 1 is 1.36 bits per heavy atom. The number of hydrogen-bond acceptors (Lipinski definition) is 1. The molecule has 0 heterocycles. The van der Waals surface area contributed by atoms with E-state index in [1.54, 1.807) is 0 Å². The molecule has 1 heteroatoms. The molecule has 0 aromatic carbocycles. The Kier molecular flexibility index (Phi) is 2.17. The molecule has 0 aromatic heterocycles. The number of carbonyl (C=O) groups is 1. The molecule has 0 aromatic rings. The topological polar surface area (TPSA) is 17.1 Å². The molecule has 0 atom stereocenters. The fourth-order valence-electron chi connectivity index (χ4n) is 1.53. The third kappa shape index (κ3) is 1.70. The molecule has 0 N–H and O–H groups in total. The zero-order valence-corrected chi connectivity index (χ0v) is 7.44. The van der Waals surface area contributed by atoms with Crippen LogP contribution in [0.25, 0.3) is 0 Å².